The molecular weight excluding hydrogens is 310 g/mol. The highest BCUT2D eigenvalue weighted by atomic mass is 32.2. The highest BCUT2D eigenvalue weighted by Gasteiger charge is 2.23. The SMILES string of the molecule is CCO[C@@H](C)C(=O)NS(=O)(=O)c1ccc2c(c1)OCCCO2. The summed E-state index contributed by atoms with van der Waals surface area (Å²) in [5.74, 6) is 0.130. The van der Waals surface area contributed by atoms with Crippen molar-refractivity contribution in [1.29, 1.82) is 0 Å². The molecule has 1 N–H and O–H groups in total. The number of carbonyl (C=O) groups is 1. The standard InChI is InChI=1S/C14H19NO6S/c1-3-19-10(2)14(16)15-22(17,18)11-5-6-12-13(9-11)21-8-4-7-20-12/h5-6,9-10H,3-4,7-8H2,1-2H3,(H,15,16)/t10-/m0/s1. The second kappa shape index (κ2) is 6.97. The van der Waals surface area contributed by atoms with E-state index in [4.69, 9.17) is 14.2 Å². The average Bonchev–Trinajstić information content (AvgIpc) is 2.71. The first-order chi connectivity index (χ1) is 10.4. The molecule has 122 valence electrons. The van der Waals surface area contributed by atoms with Gasteiger partial charge in [-0.05, 0) is 26.0 Å². The largest absolute Gasteiger partial charge is 0.490 e. The number of nitrogens with one attached hydrogen (secondary N) is 1. The minimum Gasteiger partial charge on any atom is -0.490 e. The molecule has 0 spiro atoms. The quantitative estimate of drug-likeness (QED) is 0.869. The summed E-state index contributed by atoms with van der Waals surface area (Å²) in [5, 5.41) is 0. The molecule has 0 fully saturated rings. The van der Waals surface area contributed by atoms with Crippen molar-refractivity contribution in [3.05, 3.63) is 18.2 Å². The van der Waals surface area contributed by atoms with E-state index < -0.39 is 22.0 Å². The summed E-state index contributed by atoms with van der Waals surface area (Å²) in [4.78, 5) is 11.7. The van der Waals surface area contributed by atoms with Crippen LogP contribution in [0.25, 0.3) is 0 Å². The number of amides is 1. The summed E-state index contributed by atoms with van der Waals surface area (Å²) in [6.07, 6.45) is -0.125. The fraction of sp³-hybridized carbons (Fsp3) is 0.500. The van der Waals surface area contributed by atoms with Crippen molar-refractivity contribution in [3.63, 3.8) is 0 Å². The molecule has 0 saturated carbocycles. The second-order valence-corrected chi connectivity index (χ2v) is 6.41. The molecule has 1 atom stereocenters. The predicted molar refractivity (Wildman–Crippen MR) is 78.5 cm³/mol. The Bertz CT molecular complexity index is 643. The van der Waals surface area contributed by atoms with E-state index in [9.17, 15) is 13.2 Å². The molecule has 0 aromatic heterocycles. The highest BCUT2D eigenvalue weighted by Crippen LogP contribution is 2.31. The van der Waals surface area contributed by atoms with Gasteiger partial charge in [0.1, 0.15) is 6.10 Å². The minimum atomic E-state index is -3.98. The lowest BCUT2D eigenvalue weighted by atomic mass is 10.3. The number of hydrogen-bond acceptors (Lipinski definition) is 6. The Morgan fingerprint density at radius 2 is 2.00 bits per heavy atom. The number of sulfonamides is 1. The minimum absolute atomic E-state index is 0.0613. The Kier molecular flexibility index (Phi) is 5.25. The maximum Gasteiger partial charge on any atom is 0.264 e. The lowest BCUT2D eigenvalue weighted by Gasteiger charge is -2.13. The molecule has 0 saturated heterocycles. The van der Waals surface area contributed by atoms with Gasteiger partial charge >= 0.3 is 0 Å². The van der Waals surface area contributed by atoms with Crippen molar-refractivity contribution >= 4 is 15.9 Å². The van der Waals surface area contributed by atoms with Crippen LogP contribution in [0.4, 0.5) is 0 Å². The summed E-state index contributed by atoms with van der Waals surface area (Å²) in [5.41, 5.74) is 0. The van der Waals surface area contributed by atoms with Crippen LogP contribution in [0, 0.1) is 0 Å². The molecule has 1 heterocycles. The van der Waals surface area contributed by atoms with Crippen molar-refractivity contribution in [3.8, 4) is 11.5 Å². The van der Waals surface area contributed by atoms with Crippen LogP contribution in [-0.2, 0) is 19.6 Å². The number of ether oxygens (including phenoxy) is 3. The Hall–Kier alpha value is -1.80. The van der Waals surface area contributed by atoms with E-state index in [-0.39, 0.29) is 4.90 Å². The molecule has 8 heteroatoms. The van der Waals surface area contributed by atoms with Gasteiger partial charge in [0.05, 0.1) is 18.1 Å². The number of fused-ring (bicyclic) bond motifs is 1. The van der Waals surface area contributed by atoms with Gasteiger partial charge in [0.15, 0.2) is 11.5 Å². The number of benzene rings is 1. The number of hydrogen-bond donors (Lipinski definition) is 1. The number of rotatable bonds is 5. The summed E-state index contributed by atoms with van der Waals surface area (Å²) in [6.45, 7) is 4.50. The van der Waals surface area contributed by atoms with Crippen molar-refractivity contribution < 1.29 is 27.4 Å². The zero-order valence-corrected chi connectivity index (χ0v) is 13.3. The Morgan fingerprint density at radius 3 is 2.68 bits per heavy atom. The Balaban J connectivity index is 2.19. The van der Waals surface area contributed by atoms with Gasteiger partial charge in [-0.3, -0.25) is 4.79 Å². The van der Waals surface area contributed by atoms with Crippen molar-refractivity contribution in [1.82, 2.24) is 4.72 Å². The van der Waals surface area contributed by atoms with E-state index in [2.05, 4.69) is 0 Å². The predicted octanol–water partition coefficient (Wildman–Crippen LogP) is 1.08. The molecule has 1 aromatic rings. The van der Waals surface area contributed by atoms with Gasteiger partial charge in [-0.25, -0.2) is 13.1 Å². The molecule has 1 aliphatic rings. The molecule has 1 amide bonds. The van der Waals surface area contributed by atoms with Crippen molar-refractivity contribution in [2.45, 2.75) is 31.3 Å². The molecule has 0 aliphatic carbocycles. The van der Waals surface area contributed by atoms with Crippen LogP contribution in [-0.4, -0.2) is 40.2 Å². The summed E-state index contributed by atoms with van der Waals surface area (Å²) in [6, 6.07) is 4.24. The van der Waals surface area contributed by atoms with E-state index in [1.807, 2.05) is 4.72 Å². The lowest BCUT2D eigenvalue weighted by Crippen LogP contribution is -2.38. The normalized spacial score (nSPS) is 15.7. The lowest BCUT2D eigenvalue weighted by molar-refractivity contribution is -0.129. The van der Waals surface area contributed by atoms with Gasteiger partial charge in [0, 0.05) is 19.1 Å². The third kappa shape index (κ3) is 3.89. The summed E-state index contributed by atoms with van der Waals surface area (Å²) < 4.78 is 42.4. The van der Waals surface area contributed by atoms with Gasteiger partial charge in [-0.1, -0.05) is 0 Å². The molecule has 0 unspecified atom stereocenters. The van der Waals surface area contributed by atoms with Crippen LogP contribution < -0.4 is 14.2 Å². The highest BCUT2D eigenvalue weighted by molar-refractivity contribution is 7.90. The zero-order chi connectivity index (χ0) is 16.2. The van der Waals surface area contributed by atoms with Gasteiger partial charge < -0.3 is 14.2 Å². The smallest absolute Gasteiger partial charge is 0.264 e. The maximum absolute atomic E-state index is 12.2. The van der Waals surface area contributed by atoms with E-state index in [0.717, 1.165) is 6.42 Å². The Labute approximate surface area is 129 Å². The topological polar surface area (TPSA) is 90.9 Å². The Morgan fingerprint density at radius 1 is 1.32 bits per heavy atom. The van der Waals surface area contributed by atoms with Crippen molar-refractivity contribution in [2.24, 2.45) is 0 Å². The first kappa shape index (κ1) is 16.6. The van der Waals surface area contributed by atoms with Crippen LogP contribution in [0.1, 0.15) is 20.3 Å². The van der Waals surface area contributed by atoms with Gasteiger partial charge in [-0.2, -0.15) is 0 Å². The van der Waals surface area contributed by atoms with Crippen LogP contribution >= 0.6 is 0 Å². The van der Waals surface area contributed by atoms with Gasteiger partial charge in [0.25, 0.3) is 15.9 Å². The van der Waals surface area contributed by atoms with E-state index in [0.29, 0.717) is 31.3 Å². The van der Waals surface area contributed by atoms with Gasteiger partial charge in [-0.15, -0.1) is 0 Å². The molecule has 0 bridgehead atoms. The van der Waals surface area contributed by atoms with Crippen molar-refractivity contribution in [2.75, 3.05) is 19.8 Å². The average molecular weight is 329 g/mol. The zero-order valence-electron chi connectivity index (χ0n) is 12.5. The fourth-order valence-electron chi connectivity index (χ4n) is 1.91. The van der Waals surface area contributed by atoms with Crippen LogP contribution in [0.3, 0.4) is 0 Å². The van der Waals surface area contributed by atoms with E-state index in [1.54, 1.807) is 6.92 Å². The summed E-state index contributed by atoms with van der Waals surface area (Å²) in [7, 11) is -3.98. The van der Waals surface area contributed by atoms with Crippen LogP contribution in [0.15, 0.2) is 23.1 Å². The molecule has 22 heavy (non-hydrogen) atoms. The van der Waals surface area contributed by atoms with Crippen LogP contribution in [0.5, 0.6) is 11.5 Å². The van der Waals surface area contributed by atoms with Gasteiger partial charge in [0.2, 0.25) is 0 Å². The first-order valence-corrected chi connectivity index (χ1v) is 8.50. The third-order valence-corrected chi connectivity index (χ3v) is 4.39. The fourth-order valence-corrected chi connectivity index (χ4v) is 2.97. The molecule has 0 radical (unpaired) electrons. The second-order valence-electron chi connectivity index (χ2n) is 4.73. The first-order valence-electron chi connectivity index (χ1n) is 7.02. The molecule has 1 aromatic carbocycles. The van der Waals surface area contributed by atoms with E-state index in [1.165, 1.54) is 25.1 Å². The summed E-state index contributed by atoms with van der Waals surface area (Å²) >= 11 is 0. The molecule has 1 aliphatic heterocycles. The molecule has 7 nitrogen and oxygen atoms in total. The van der Waals surface area contributed by atoms with Crippen LogP contribution in [0.2, 0.25) is 0 Å². The molecular formula is C14H19NO6S. The maximum atomic E-state index is 12.2. The third-order valence-electron chi connectivity index (χ3n) is 3.05. The molecule has 2 rings (SSSR count). The van der Waals surface area contributed by atoms with E-state index >= 15 is 0 Å². The number of carbonyl (C=O) groups excluding carboxylic acids is 1. The monoisotopic (exact) mass is 329 g/mol.